The number of rotatable bonds is 4. The summed E-state index contributed by atoms with van der Waals surface area (Å²) in [5.74, 6) is 0.725. The molecule has 128 valence electrons. The highest BCUT2D eigenvalue weighted by Gasteiger charge is 2.26. The Balaban J connectivity index is 1.66. The van der Waals surface area contributed by atoms with E-state index in [9.17, 15) is 4.79 Å². The summed E-state index contributed by atoms with van der Waals surface area (Å²) in [7, 11) is 0. The summed E-state index contributed by atoms with van der Waals surface area (Å²) in [5, 5.41) is 0. The molecule has 0 atom stereocenters. The first-order valence-corrected chi connectivity index (χ1v) is 8.66. The number of aryl methyl sites for hydroxylation is 1. The molecule has 4 heteroatoms. The molecule has 0 aliphatic carbocycles. The summed E-state index contributed by atoms with van der Waals surface area (Å²) in [6.07, 6.45) is 5.53. The predicted molar refractivity (Wildman–Crippen MR) is 94.3 cm³/mol. The van der Waals surface area contributed by atoms with Gasteiger partial charge in [-0.1, -0.05) is 12.1 Å². The lowest BCUT2D eigenvalue weighted by atomic mass is 9.91. The highest BCUT2D eigenvalue weighted by molar-refractivity contribution is 5.68. The van der Waals surface area contributed by atoms with Gasteiger partial charge in [0.05, 0.1) is 0 Å². The highest BCUT2D eigenvalue weighted by atomic mass is 16.6. The van der Waals surface area contributed by atoms with Crippen LogP contribution in [0.2, 0.25) is 0 Å². The normalized spacial score (nSPS) is 16.4. The average Bonchev–Trinajstić information content (AvgIpc) is 2.48. The molecule has 2 N–H and O–H groups in total. The van der Waals surface area contributed by atoms with Crippen LogP contribution in [0.4, 0.5) is 10.5 Å². The molecule has 0 saturated carbocycles. The second-order valence-electron chi connectivity index (χ2n) is 7.54. The maximum absolute atomic E-state index is 12.0. The van der Waals surface area contributed by atoms with Crippen molar-refractivity contribution in [3.8, 4) is 0 Å². The number of hydrogen-bond acceptors (Lipinski definition) is 3. The van der Waals surface area contributed by atoms with Crippen molar-refractivity contribution in [2.24, 2.45) is 5.92 Å². The molecule has 0 unspecified atom stereocenters. The van der Waals surface area contributed by atoms with E-state index in [2.05, 4.69) is 12.1 Å². The molecule has 1 aliphatic rings. The third-order valence-electron chi connectivity index (χ3n) is 4.32. The Kier molecular flexibility index (Phi) is 5.91. The van der Waals surface area contributed by atoms with Crippen LogP contribution < -0.4 is 5.73 Å². The van der Waals surface area contributed by atoms with Crippen LogP contribution in [0.5, 0.6) is 0 Å². The largest absolute Gasteiger partial charge is 0.444 e. The molecule has 1 amide bonds. The number of amides is 1. The van der Waals surface area contributed by atoms with E-state index in [-0.39, 0.29) is 6.09 Å². The van der Waals surface area contributed by atoms with Gasteiger partial charge in [-0.3, -0.25) is 0 Å². The SMILES string of the molecule is CC(C)(C)OC(=O)N1CCC(CCCc2ccc(N)cc2)CC1. The van der Waals surface area contributed by atoms with E-state index >= 15 is 0 Å². The third kappa shape index (κ3) is 6.12. The fourth-order valence-electron chi connectivity index (χ4n) is 3.01. The van der Waals surface area contributed by atoms with E-state index in [0.29, 0.717) is 0 Å². The van der Waals surface area contributed by atoms with Crippen LogP contribution in [0.25, 0.3) is 0 Å². The van der Waals surface area contributed by atoms with E-state index in [4.69, 9.17) is 10.5 Å². The van der Waals surface area contributed by atoms with E-state index < -0.39 is 5.60 Å². The second kappa shape index (κ2) is 7.71. The van der Waals surface area contributed by atoms with Gasteiger partial charge in [0, 0.05) is 18.8 Å². The topological polar surface area (TPSA) is 55.6 Å². The number of hydrogen-bond donors (Lipinski definition) is 1. The van der Waals surface area contributed by atoms with Gasteiger partial charge in [0.1, 0.15) is 5.60 Å². The van der Waals surface area contributed by atoms with E-state index in [0.717, 1.165) is 44.0 Å². The van der Waals surface area contributed by atoms with Crippen LogP contribution in [0.3, 0.4) is 0 Å². The lowest BCUT2D eigenvalue weighted by Crippen LogP contribution is -2.41. The molecule has 4 nitrogen and oxygen atoms in total. The van der Waals surface area contributed by atoms with Crippen molar-refractivity contribution in [1.82, 2.24) is 4.90 Å². The predicted octanol–water partition coefficient (Wildman–Crippen LogP) is 4.24. The molecule has 1 fully saturated rings. The first-order valence-electron chi connectivity index (χ1n) is 8.66. The number of likely N-dealkylation sites (tertiary alicyclic amines) is 1. The number of benzene rings is 1. The minimum atomic E-state index is -0.410. The van der Waals surface area contributed by atoms with Gasteiger partial charge in [0.2, 0.25) is 0 Å². The van der Waals surface area contributed by atoms with Crippen molar-refractivity contribution in [2.75, 3.05) is 18.8 Å². The molecule has 0 radical (unpaired) electrons. The smallest absolute Gasteiger partial charge is 0.410 e. The first kappa shape index (κ1) is 17.6. The molecule has 0 spiro atoms. The zero-order valence-corrected chi connectivity index (χ0v) is 14.7. The van der Waals surface area contributed by atoms with Crippen LogP contribution in [0.1, 0.15) is 52.0 Å². The Labute approximate surface area is 140 Å². The Hall–Kier alpha value is -1.71. The lowest BCUT2D eigenvalue weighted by Gasteiger charge is -2.33. The number of piperidine rings is 1. The molecule has 0 bridgehead atoms. The number of nitrogens with zero attached hydrogens (tertiary/aromatic N) is 1. The zero-order chi connectivity index (χ0) is 16.9. The highest BCUT2D eigenvalue weighted by Crippen LogP contribution is 2.24. The summed E-state index contributed by atoms with van der Waals surface area (Å²) in [6.45, 7) is 7.38. The Morgan fingerprint density at radius 2 is 1.83 bits per heavy atom. The van der Waals surface area contributed by atoms with Crippen molar-refractivity contribution >= 4 is 11.8 Å². The van der Waals surface area contributed by atoms with Gasteiger partial charge in [-0.15, -0.1) is 0 Å². The molecular formula is C19H30N2O2. The van der Waals surface area contributed by atoms with E-state index in [1.807, 2.05) is 37.8 Å². The quantitative estimate of drug-likeness (QED) is 0.845. The molecule has 23 heavy (non-hydrogen) atoms. The maximum Gasteiger partial charge on any atom is 0.410 e. The second-order valence-corrected chi connectivity index (χ2v) is 7.54. The van der Waals surface area contributed by atoms with Crippen molar-refractivity contribution < 1.29 is 9.53 Å². The summed E-state index contributed by atoms with van der Waals surface area (Å²) < 4.78 is 5.44. The molecule has 1 aromatic carbocycles. The molecule has 2 rings (SSSR count). The molecular weight excluding hydrogens is 288 g/mol. The minimum absolute atomic E-state index is 0.169. The Morgan fingerprint density at radius 1 is 1.22 bits per heavy atom. The molecule has 1 heterocycles. The van der Waals surface area contributed by atoms with Gasteiger partial charge in [-0.2, -0.15) is 0 Å². The Bertz CT molecular complexity index is 497. The standard InChI is InChI=1S/C19H30N2O2/c1-19(2,3)23-18(22)21-13-11-16(12-14-21)6-4-5-15-7-9-17(20)10-8-15/h7-10,16H,4-6,11-14,20H2,1-3H3. The van der Waals surface area contributed by atoms with E-state index in [1.54, 1.807) is 0 Å². The number of anilines is 1. The molecule has 1 aliphatic heterocycles. The monoisotopic (exact) mass is 318 g/mol. The van der Waals surface area contributed by atoms with Crippen LogP contribution in [0, 0.1) is 5.92 Å². The van der Waals surface area contributed by atoms with Crippen molar-refractivity contribution in [1.29, 1.82) is 0 Å². The minimum Gasteiger partial charge on any atom is -0.444 e. The van der Waals surface area contributed by atoms with Crippen LogP contribution in [0.15, 0.2) is 24.3 Å². The number of carbonyl (C=O) groups is 1. The average molecular weight is 318 g/mol. The first-order chi connectivity index (χ1) is 10.8. The molecule has 1 aromatic rings. The van der Waals surface area contributed by atoms with Gasteiger partial charge in [-0.25, -0.2) is 4.79 Å². The van der Waals surface area contributed by atoms with Gasteiger partial charge >= 0.3 is 6.09 Å². The van der Waals surface area contributed by atoms with Crippen molar-refractivity contribution in [3.63, 3.8) is 0 Å². The Morgan fingerprint density at radius 3 is 2.39 bits per heavy atom. The lowest BCUT2D eigenvalue weighted by molar-refractivity contribution is 0.0180. The zero-order valence-electron chi connectivity index (χ0n) is 14.7. The number of nitrogens with two attached hydrogens (primary N) is 1. The summed E-state index contributed by atoms with van der Waals surface area (Å²) >= 11 is 0. The summed E-state index contributed by atoms with van der Waals surface area (Å²) in [6, 6.07) is 8.16. The van der Waals surface area contributed by atoms with Crippen LogP contribution in [-0.4, -0.2) is 29.7 Å². The van der Waals surface area contributed by atoms with Crippen molar-refractivity contribution in [3.05, 3.63) is 29.8 Å². The molecule has 1 saturated heterocycles. The van der Waals surface area contributed by atoms with Gasteiger partial charge in [0.15, 0.2) is 0 Å². The molecule has 0 aromatic heterocycles. The van der Waals surface area contributed by atoms with Crippen LogP contribution >= 0.6 is 0 Å². The van der Waals surface area contributed by atoms with E-state index in [1.165, 1.54) is 18.4 Å². The fraction of sp³-hybridized carbons (Fsp3) is 0.632. The number of nitrogen functional groups attached to an aromatic ring is 1. The van der Waals surface area contributed by atoms with Crippen LogP contribution in [-0.2, 0) is 11.2 Å². The number of carbonyl (C=O) groups excluding carboxylic acids is 1. The summed E-state index contributed by atoms with van der Waals surface area (Å²) in [4.78, 5) is 13.9. The van der Waals surface area contributed by atoms with Gasteiger partial charge < -0.3 is 15.4 Å². The fourth-order valence-corrected chi connectivity index (χ4v) is 3.01. The van der Waals surface area contributed by atoms with Crippen molar-refractivity contribution in [2.45, 2.75) is 58.5 Å². The van der Waals surface area contributed by atoms with Gasteiger partial charge in [0.25, 0.3) is 0 Å². The number of ether oxygens (including phenoxy) is 1. The van der Waals surface area contributed by atoms with Gasteiger partial charge in [-0.05, 0) is 76.5 Å². The third-order valence-corrected chi connectivity index (χ3v) is 4.32. The summed E-state index contributed by atoms with van der Waals surface area (Å²) in [5.41, 5.74) is 7.47. The maximum atomic E-state index is 12.0.